The summed E-state index contributed by atoms with van der Waals surface area (Å²) < 4.78 is 23.9. The van der Waals surface area contributed by atoms with Gasteiger partial charge in [0.05, 0.1) is 12.3 Å². The van der Waals surface area contributed by atoms with Gasteiger partial charge in [-0.1, -0.05) is 6.92 Å². The summed E-state index contributed by atoms with van der Waals surface area (Å²) in [5, 5.41) is 5.84. The summed E-state index contributed by atoms with van der Waals surface area (Å²) in [4.78, 5) is 11.5. The summed E-state index contributed by atoms with van der Waals surface area (Å²) in [7, 11) is -1.88. The number of rotatable bonds is 8. The number of sulfonamides is 1. The highest BCUT2D eigenvalue weighted by atomic mass is 32.2. The highest BCUT2D eigenvalue weighted by Gasteiger charge is 2.18. The van der Waals surface area contributed by atoms with Crippen molar-refractivity contribution >= 4 is 15.9 Å². The Hall–Kier alpha value is -0.660. The van der Waals surface area contributed by atoms with Crippen LogP contribution in [0, 0.1) is 0 Å². The van der Waals surface area contributed by atoms with Crippen LogP contribution in [0.4, 0.5) is 0 Å². The van der Waals surface area contributed by atoms with E-state index in [1.807, 2.05) is 13.8 Å². The molecular formula is C10H23N3O3S. The molecule has 17 heavy (non-hydrogen) atoms. The van der Waals surface area contributed by atoms with E-state index >= 15 is 0 Å². The number of nitrogens with zero attached hydrogens (tertiary/aromatic N) is 1. The molecule has 7 heteroatoms. The van der Waals surface area contributed by atoms with Crippen molar-refractivity contribution in [3.8, 4) is 0 Å². The minimum absolute atomic E-state index is 0.00454. The lowest BCUT2D eigenvalue weighted by Crippen LogP contribution is -2.43. The van der Waals surface area contributed by atoms with Crippen molar-refractivity contribution in [3.05, 3.63) is 0 Å². The molecule has 0 rings (SSSR count). The lowest BCUT2D eigenvalue weighted by molar-refractivity contribution is -0.121. The van der Waals surface area contributed by atoms with Gasteiger partial charge in [0.15, 0.2) is 0 Å². The zero-order valence-electron chi connectivity index (χ0n) is 11.0. The van der Waals surface area contributed by atoms with E-state index in [2.05, 4.69) is 10.6 Å². The minimum atomic E-state index is -3.29. The van der Waals surface area contributed by atoms with Crippen molar-refractivity contribution in [1.29, 1.82) is 0 Å². The van der Waals surface area contributed by atoms with Crippen molar-refractivity contribution in [2.45, 2.75) is 26.8 Å². The summed E-state index contributed by atoms with van der Waals surface area (Å²) in [6.45, 7) is 6.69. The van der Waals surface area contributed by atoms with Crippen LogP contribution < -0.4 is 10.6 Å². The Morgan fingerprint density at radius 1 is 1.35 bits per heavy atom. The fraction of sp³-hybridized carbons (Fsp3) is 0.900. The summed E-state index contributed by atoms with van der Waals surface area (Å²) in [5.41, 5.74) is 0. The summed E-state index contributed by atoms with van der Waals surface area (Å²) in [5.74, 6) is -0.279. The first kappa shape index (κ1) is 16.3. The lowest BCUT2D eigenvalue weighted by atomic mass is 10.3. The Kier molecular flexibility index (Phi) is 7.33. The zero-order valence-corrected chi connectivity index (χ0v) is 11.8. The topological polar surface area (TPSA) is 78.5 Å². The van der Waals surface area contributed by atoms with Gasteiger partial charge in [0.1, 0.15) is 0 Å². The van der Waals surface area contributed by atoms with E-state index in [9.17, 15) is 13.2 Å². The fourth-order valence-corrected chi connectivity index (χ4v) is 2.02. The Morgan fingerprint density at radius 3 is 2.41 bits per heavy atom. The molecule has 0 saturated heterocycles. The lowest BCUT2D eigenvalue weighted by Gasteiger charge is -2.17. The van der Waals surface area contributed by atoms with Crippen LogP contribution in [-0.2, 0) is 14.8 Å². The van der Waals surface area contributed by atoms with Gasteiger partial charge < -0.3 is 10.6 Å². The molecule has 0 aliphatic rings. The van der Waals surface area contributed by atoms with Gasteiger partial charge in [-0.25, -0.2) is 8.42 Å². The molecule has 1 atom stereocenters. The first-order chi connectivity index (χ1) is 7.83. The second-order valence-electron chi connectivity index (χ2n) is 3.92. The third kappa shape index (κ3) is 6.60. The first-order valence-corrected chi connectivity index (χ1v) is 7.38. The van der Waals surface area contributed by atoms with Crippen molar-refractivity contribution in [1.82, 2.24) is 14.9 Å². The number of nitrogens with one attached hydrogen (secondary N) is 2. The maximum Gasteiger partial charge on any atom is 0.235 e. The first-order valence-electron chi connectivity index (χ1n) is 5.77. The molecule has 0 aromatic heterocycles. The molecule has 6 nitrogen and oxygen atoms in total. The van der Waals surface area contributed by atoms with Gasteiger partial charge in [-0.05, 0) is 20.4 Å². The number of hydrogen-bond acceptors (Lipinski definition) is 4. The van der Waals surface area contributed by atoms with Gasteiger partial charge in [0.2, 0.25) is 15.9 Å². The summed E-state index contributed by atoms with van der Waals surface area (Å²) in [6, 6.07) is 0.178. The van der Waals surface area contributed by atoms with Gasteiger partial charge >= 0.3 is 0 Å². The Labute approximate surface area is 104 Å². The molecule has 1 amide bonds. The van der Waals surface area contributed by atoms with Gasteiger partial charge in [0.25, 0.3) is 0 Å². The molecule has 0 aliphatic heterocycles. The van der Waals surface area contributed by atoms with E-state index in [-0.39, 0.29) is 24.2 Å². The third-order valence-electron chi connectivity index (χ3n) is 2.36. The summed E-state index contributed by atoms with van der Waals surface area (Å²) in [6.07, 6.45) is 0. The third-order valence-corrected chi connectivity index (χ3v) is 4.17. The largest absolute Gasteiger partial charge is 0.353 e. The van der Waals surface area contributed by atoms with E-state index in [0.29, 0.717) is 6.54 Å². The molecule has 0 radical (unpaired) electrons. The average molecular weight is 265 g/mol. The number of carbonyl (C=O) groups is 1. The molecule has 0 spiro atoms. The molecule has 0 heterocycles. The quantitative estimate of drug-likeness (QED) is 0.613. The predicted octanol–water partition coefficient (Wildman–Crippen LogP) is -0.618. The molecular weight excluding hydrogens is 242 g/mol. The molecule has 0 unspecified atom stereocenters. The van der Waals surface area contributed by atoms with Crippen LogP contribution >= 0.6 is 0 Å². The van der Waals surface area contributed by atoms with Crippen LogP contribution in [0.25, 0.3) is 0 Å². The van der Waals surface area contributed by atoms with E-state index in [0.717, 1.165) is 10.8 Å². The van der Waals surface area contributed by atoms with Crippen molar-refractivity contribution < 1.29 is 13.2 Å². The predicted molar refractivity (Wildman–Crippen MR) is 68.2 cm³/mol. The summed E-state index contributed by atoms with van der Waals surface area (Å²) >= 11 is 0. The van der Waals surface area contributed by atoms with E-state index in [1.165, 1.54) is 7.05 Å². The van der Waals surface area contributed by atoms with Crippen molar-refractivity contribution in [2.24, 2.45) is 0 Å². The maximum atomic E-state index is 11.5. The normalized spacial score (nSPS) is 13.7. The Bertz CT molecular complexity index is 330. The van der Waals surface area contributed by atoms with E-state index in [4.69, 9.17) is 0 Å². The molecule has 0 aliphatic carbocycles. The van der Waals surface area contributed by atoms with Crippen LogP contribution in [0.15, 0.2) is 0 Å². The molecule has 0 bridgehead atoms. The second kappa shape index (κ2) is 7.62. The number of likely N-dealkylation sites (N-methyl/N-ethyl adjacent to an activating group) is 2. The molecule has 102 valence electrons. The minimum Gasteiger partial charge on any atom is -0.353 e. The molecule has 0 aromatic rings. The monoisotopic (exact) mass is 265 g/mol. The number of amides is 1. The van der Waals surface area contributed by atoms with Crippen LogP contribution in [0.3, 0.4) is 0 Å². The second-order valence-corrected chi connectivity index (χ2v) is 6.28. The van der Waals surface area contributed by atoms with E-state index in [1.54, 1.807) is 6.92 Å². The highest BCUT2D eigenvalue weighted by Crippen LogP contribution is 1.96. The fourth-order valence-electron chi connectivity index (χ4n) is 1.26. The van der Waals surface area contributed by atoms with Gasteiger partial charge in [-0.2, -0.15) is 4.31 Å². The average Bonchev–Trinajstić information content (AvgIpc) is 2.26. The zero-order chi connectivity index (χ0) is 13.5. The van der Waals surface area contributed by atoms with Crippen LogP contribution in [-0.4, -0.2) is 57.1 Å². The Balaban J connectivity index is 4.03. The Morgan fingerprint density at radius 2 is 1.94 bits per heavy atom. The van der Waals surface area contributed by atoms with Crippen LogP contribution in [0.5, 0.6) is 0 Å². The number of hydrogen-bond donors (Lipinski definition) is 2. The molecule has 0 saturated carbocycles. The molecule has 0 aromatic carbocycles. The smallest absolute Gasteiger partial charge is 0.235 e. The van der Waals surface area contributed by atoms with E-state index < -0.39 is 10.0 Å². The van der Waals surface area contributed by atoms with Crippen LogP contribution in [0.2, 0.25) is 0 Å². The van der Waals surface area contributed by atoms with Crippen molar-refractivity contribution in [2.75, 3.05) is 32.4 Å². The van der Waals surface area contributed by atoms with Crippen molar-refractivity contribution in [3.63, 3.8) is 0 Å². The van der Waals surface area contributed by atoms with Gasteiger partial charge in [-0.15, -0.1) is 0 Å². The number of carbonyl (C=O) groups excluding carboxylic acids is 1. The van der Waals surface area contributed by atoms with Gasteiger partial charge in [-0.3, -0.25) is 4.79 Å². The van der Waals surface area contributed by atoms with Gasteiger partial charge in [0, 0.05) is 19.6 Å². The standard InChI is InChI=1S/C10H23N3O3S/c1-5-11-9(3)7-12-10(14)8-13(4)17(15,16)6-2/h9,11H,5-8H2,1-4H3,(H,12,14)/t9-/m1/s1. The SMILES string of the molecule is CCN[C@H](C)CNC(=O)CN(C)S(=O)(=O)CC. The highest BCUT2D eigenvalue weighted by molar-refractivity contribution is 7.89. The molecule has 2 N–H and O–H groups in total. The maximum absolute atomic E-state index is 11.5. The molecule has 0 fully saturated rings. The van der Waals surface area contributed by atoms with Crippen LogP contribution in [0.1, 0.15) is 20.8 Å².